The molecule has 0 saturated carbocycles. The fourth-order valence-corrected chi connectivity index (χ4v) is 2.18. The monoisotopic (exact) mass is 372 g/mol. The molecular formula is C15H11F3N2O4S. The van der Waals surface area contributed by atoms with Gasteiger partial charge in [0.15, 0.2) is 0 Å². The van der Waals surface area contributed by atoms with Crippen molar-refractivity contribution in [1.29, 1.82) is 0 Å². The Balaban J connectivity index is 2.15. The maximum atomic E-state index is 12.3. The number of hydrogen-bond acceptors (Lipinski definition) is 6. The molecule has 0 saturated heterocycles. The molecule has 0 bridgehead atoms. The van der Waals surface area contributed by atoms with Crippen LogP contribution in [0.2, 0.25) is 0 Å². The van der Waals surface area contributed by atoms with Crippen LogP contribution in [0.1, 0.15) is 10.4 Å². The molecule has 0 spiro atoms. The third kappa shape index (κ3) is 5.68. The van der Waals surface area contributed by atoms with E-state index in [4.69, 9.17) is 4.18 Å². The molecule has 0 aliphatic rings. The van der Waals surface area contributed by atoms with E-state index in [0.717, 1.165) is 18.4 Å². The number of carbonyl (C=O) groups excluding carboxylic acids is 1. The van der Waals surface area contributed by atoms with Crippen LogP contribution >= 0.6 is 0 Å². The van der Waals surface area contributed by atoms with Crippen molar-refractivity contribution in [3.8, 4) is 5.75 Å². The number of alkyl halides is 3. The Hall–Kier alpha value is -2.75. The summed E-state index contributed by atoms with van der Waals surface area (Å²) >= 11 is 0. The summed E-state index contributed by atoms with van der Waals surface area (Å²) in [5.74, 6) is -1.90. The summed E-state index contributed by atoms with van der Waals surface area (Å²) in [5, 5.41) is 7.64. The van der Waals surface area contributed by atoms with E-state index in [1.165, 1.54) is 36.4 Å². The van der Waals surface area contributed by atoms with Gasteiger partial charge in [0.2, 0.25) is 0 Å². The van der Waals surface area contributed by atoms with E-state index in [-0.39, 0.29) is 17.1 Å². The fraction of sp³-hybridized carbons (Fsp3) is 0.133. The average Bonchev–Trinajstić information content (AvgIpc) is 2.50. The molecule has 10 heteroatoms. The van der Waals surface area contributed by atoms with Gasteiger partial charge >= 0.3 is 16.3 Å². The summed E-state index contributed by atoms with van der Waals surface area (Å²) in [5.41, 5.74) is -0.0141. The van der Waals surface area contributed by atoms with Crippen molar-refractivity contribution in [3.05, 3.63) is 54.1 Å². The third-order valence-corrected chi connectivity index (χ3v) is 3.23. The molecule has 2 rings (SSSR count). The maximum Gasteiger partial charge on any atom is 0.454 e. The lowest BCUT2D eigenvalue weighted by Gasteiger charge is -2.04. The van der Waals surface area contributed by atoms with Gasteiger partial charge in [-0.15, -0.1) is 0 Å². The Bertz CT molecular complexity index is 907. The Morgan fingerprint density at radius 2 is 1.60 bits per heavy atom. The number of Topliss-reactive ketones (excluding diaryl/α,β-unsaturated/α-hetero) is 1. The molecule has 0 aromatic heterocycles. The van der Waals surface area contributed by atoms with Gasteiger partial charge in [-0.3, -0.25) is 4.79 Å². The molecule has 0 radical (unpaired) electrons. The SMILES string of the molecule is CS(=O)(=O)Oc1cccc(N=Nc2ccc(C(=O)C(F)(F)F)cc2)c1. The quantitative estimate of drug-likeness (QED) is 0.448. The van der Waals surface area contributed by atoms with Crippen LogP contribution in [0.4, 0.5) is 24.5 Å². The van der Waals surface area contributed by atoms with Crippen LogP contribution in [-0.2, 0) is 10.1 Å². The summed E-state index contributed by atoms with van der Waals surface area (Å²) in [6.07, 6.45) is -4.05. The van der Waals surface area contributed by atoms with Gasteiger partial charge < -0.3 is 4.18 Å². The topological polar surface area (TPSA) is 85.2 Å². The van der Waals surface area contributed by atoms with Gasteiger partial charge in [0, 0.05) is 11.6 Å². The van der Waals surface area contributed by atoms with Gasteiger partial charge in [0.1, 0.15) is 5.75 Å². The van der Waals surface area contributed by atoms with E-state index in [9.17, 15) is 26.4 Å². The first-order valence-corrected chi connectivity index (χ1v) is 8.49. The van der Waals surface area contributed by atoms with Crippen molar-refractivity contribution in [3.63, 3.8) is 0 Å². The van der Waals surface area contributed by atoms with Crippen LogP contribution in [-0.4, -0.2) is 26.6 Å². The molecule has 0 N–H and O–H groups in total. The van der Waals surface area contributed by atoms with E-state index in [2.05, 4.69) is 10.2 Å². The first-order valence-electron chi connectivity index (χ1n) is 6.67. The fourth-order valence-electron chi connectivity index (χ4n) is 1.73. The third-order valence-electron chi connectivity index (χ3n) is 2.73. The zero-order chi connectivity index (χ0) is 18.7. The molecular weight excluding hydrogens is 361 g/mol. The van der Waals surface area contributed by atoms with Crippen molar-refractivity contribution >= 4 is 27.3 Å². The Labute approximate surface area is 141 Å². The number of halogens is 3. The molecule has 0 heterocycles. The van der Waals surface area contributed by atoms with Crippen molar-refractivity contribution in [2.75, 3.05) is 6.26 Å². The minimum atomic E-state index is -4.94. The highest BCUT2D eigenvalue weighted by Crippen LogP contribution is 2.25. The number of ketones is 1. The van der Waals surface area contributed by atoms with Crippen LogP contribution in [0.25, 0.3) is 0 Å². The summed E-state index contributed by atoms with van der Waals surface area (Å²) in [6, 6.07) is 10.2. The first-order chi connectivity index (χ1) is 11.5. The van der Waals surface area contributed by atoms with Crippen LogP contribution in [0.3, 0.4) is 0 Å². The smallest absolute Gasteiger partial charge is 0.383 e. The molecule has 0 aliphatic carbocycles. The molecule has 0 unspecified atom stereocenters. The highest BCUT2D eigenvalue weighted by Gasteiger charge is 2.39. The summed E-state index contributed by atoms with van der Waals surface area (Å²) in [7, 11) is -3.68. The van der Waals surface area contributed by atoms with Gasteiger partial charge in [0.05, 0.1) is 17.6 Å². The number of carbonyl (C=O) groups is 1. The number of nitrogens with zero attached hydrogens (tertiary/aromatic N) is 2. The lowest BCUT2D eigenvalue weighted by atomic mass is 10.1. The van der Waals surface area contributed by atoms with Gasteiger partial charge in [-0.1, -0.05) is 6.07 Å². The molecule has 132 valence electrons. The molecule has 25 heavy (non-hydrogen) atoms. The molecule has 2 aromatic rings. The van der Waals surface area contributed by atoms with Crippen molar-refractivity contribution < 1.29 is 30.6 Å². The second-order valence-corrected chi connectivity index (χ2v) is 6.43. The number of hydrogen-bond donors (Lipinski definition) is 0. The minimum absolute atomic E-state index is 0.0464. The highest BCUT2D eigenvalue weighted by molar-refractivity contribution is 7.86. The van der Waals surface area contributed by atoms with E-state index in [1.807, 2.05) is 0 Å². The Kier molecular flexibility index (Phi) is 5.21. The van der Waals surface area contributed by atoms with Crippen molar-refractivity contribution in [1.82, 2.24) is 0 Å². The van der Waals surface area contributed by atoms with E-state index in [0.29, 0.717) is 0 Å². The summed E-state index contributed by atoms with van der Waals surface area (Å²) in [6.45, 7) is 0. The van der Waals surface area contributed by atoms with E-state index >= 15 is 0 Å². The number of azo groups is 1. The average molecular weight is 372 g/mol. The van der Waals surface area contributed by atoms with Crippen LogP contribution < -0.4 is 4.18 Å². The second kappa shape index (κ2) is 7.01. The van der Waals surface area contributed by atoms with Crippen LogP contribution in [0.5, 0.6) is 5.75 Å². The van der Waals surface area contributed by atoms with Crippen molar-refractivity contribution in [2.24, 2.45) is 10.2 Å². The number of rotatable bonds is 5. The van der Waals surface area contributed by atoms with Gasteiger partial charge in [0.25, 0.3) is 5.78 Å². The zero-order valence-corrected chi connectivity index (χ0v) is 13.5. The summed E-state index contributed by atoms with van der Waals surface area (Å²) in [4.78, 5) is 11.1. The van der Waals surface area contributed by atoms with Gasteiger partial charge in [-0.05, 0) is 36.4 Å². The molecule has 0 atom stereocenters. The first kappa shape index (κ1) is 18.6. The standard InChI is InChI=1S/C15H11F3N2O4S/c1-25(22,23)24-13-4-2-3-12(9-13)20-19-11-7-5-10(6-8-11)14(21)15(16,17)18/h2-9H,1H3. The van der Waals surface area contributed by atoms with Gasteiger partial charge in [-0.2, -0.15) is 31.8 Å². The molecule has 0 fully saturated rings. The Morgan fingerprint density at radius 1 is 1.00 bits per heavy atom. The van der Waals surface area contributed by atoms with Crippen molar-refractivity contribution in [2.45, 2.75) is 6.18 Å². The molecule has 0 aliphatic heterocycles. The van der Waals surface area contributed by atoms with E-state index in [1.54, 1.807) is 0 Å². The lowest BCUT2D eigenvalue weighted by Crippen LogP contribution is -2.22. The Morgan fingerprint density at radius 3 is 2.16 bits per heavy atom. The predicted octanol–water partition coefficient (Wildman–Crippen LogP) is 4.19. The predicted molar refractivity (Wildman–Crippen MR) is 82.9 cm³/mol. The van der Waals surface area contributed by atoms with Crippen LogP contribution in [0, 0.1) is 0 Å². The van der Waals surface area contributed by atoms with Gasteiger partial charge in [-0.25, -0.2) is 0 Å². The molecule has 2 aromatic carbocycles. The summed E-state index contributed by atoms with van der Waals surface area (Å²) < 4.78 is 63.8. The van der Waals surface area contributed by atoms with E-state index < -0.39 is 27.6 Å². The lowest BCUT2D eigenvalue weighted by molar-refractivity contribution is -0.0885. The molecule has 0 amide bonds. The van der Waals surface area contributed by atoms with Crippen LogP contribution in [0.15, 0.2) is 58.8 Å². The zero-order valence-electron chi connectivity index (χ0n) is 12.7. The number of benzene rings is 2. The largest absolute Gasteiger partial charge is 0.454 e. The minimum Gasteiger partial charge on any atom is -0.383 e. The maximum absolute atomic E-state index is 12.3. The highest BCUT2D eigenvalue weighted by atomic mass is 32.2. The normalized spacial score (nSPS) is 12.3. The second-order valence-electron chi connectivity index (χ2n) is 4.86. The molecule has 6 nitrogen and oxygen atoms in total.